The second-order valence-electron chi connectivity index (χ2n) is 8.79. The van der Waals surface area contributed by atoms with Gasteiger partial charge >= 0.3 is 0 Å². The molecule has 1 aromatic heterocycles. The largest absolute Gasteiger partial charge is 0.490 e. The molecular formula is C25H25N5O3. The summed E-state index contributed by atoms with van der Waals surface area (Å²) in [4.78, 5) is 18.9. The van der Waals surface area contributed by atoms with E-state index in [4.69, 9.17) is 9.72 Å². The number of carbonyl (C=O) groups is 1. The lowest BCUT2D eigenvalue weighted by Gasteiger charge is -2.24. The monoisotopic (exact) mass is 443 g/mol. The molecule has 168 valence electrons. The third kappa shape index (κ3) is 3.64. The molecule has 0 radical (unpaired) electrons. The minimum absolute atomic E-state index is 0.00804. The van der Waals surface area contributed by atoms with Crippen molar-refractivity contribution in [1.82, 2.24) is 20.1 Å². The number of aromatic amines is 1. The van der Waals surface area contributed by atoms with Crippen LogP contribution in [0.25, 0.3) is 22.8 Å². The van der Waals surface area contributed by atoms with E-state index in [0.29, 0.717) is 35.9 Å². The van der Waals surface area contributed by atoms with E-state index in [2.05, 4.69) is 22.3 Å². The molecule has 8 heteroatoms. The summed E-state index contributed by atoms with van der Waals surface area (Å²) >= 11 is 0. The first kappa shape index (κ1) is 21.2. The highest BCUT2D eigenvalue weighted by Crippen LogP contribution is 2.49. The fourth-order valence-electron chi connectivity index (χ4n) is 5.06. The number of nitrogens with zero attached hydrogens (tertiary/aromatic N) is 4. The zero-order valence-corrected chi connectivity index (χ0v) is 18.6. The van der Waals surface area contributed by atoms with Crippen molar-refractivity contribution in [3.63, 3.8) is 0 Å². The van der Waals surface area contributed by atoms with Crippen LogP contribution in [0.1, 0.15) is 43.0 Å². The quantitative estimate of drug-likeness (QED) is 0.604. The maximum atomic E-state index is 12.4. The molecule has 2 N–H and O–H groups in total. The molecule has 1 fully saturated rings. The molecule has 2 atom stereocenters. The van der Waals surface area contributed by atoms with Crippen LogP contribution in [0.4, 0.5) is 0 Å². The van der Waals surface area contributed by atoms with E-state index < -0.39 is 0 Å². The predicted molar refractivity (Wildman–Crippen MR) is 121 cm³/mol. The SMILES string of the molecule is CC(C)Oc1ccc(-c2n[nH]c(-c3cccc4c3C[C@H]3CC(=O)N(CCO)[C@@H]43)n2)cc1C#N. The molecule has 1 aliphatic carbocycles. The van der Waals surface area contributed by atoms with Crippen molar-refractivity contribution < 1.29 is 14.6 Å². The van der Waals surface area contributed by atoms with Gasteiger partial charge in [-0.25, -0.2) is 4.98 Å². The average molecular weight is 444 g/mol. The Kier molecular flexibility index (Phi) is 5.35. The van der Waals surface area contributed by atoms with Crippen molar-refractivity contribution in [2.45, 2.75) is 38.8 Å². The van der Waals surface area contributed by atoms with Gasteiger partial charge in [0.15, 0.2) is 11.6 Å². The molecule has 33 heavy (non-hydrogen) atoms. The van der Waals surface area contributed by atoms with E-state index in [9.17, 15) is 15.2 Å². The molecule has 1 saturated heterocycles. The van der Waals surface area contributed by atoms with E-state index in [1.807, 2.05) is 32.0 Å². The van der Waals surface area contributed by atoms with Gasteiger partial charge in [-0.3, -0.25) is 9.89 Å². The van der Waals surface area contributed by atoms with E-state index in [1.165, 1.54) is 5.56 Å². The summed E-state index contributed by atoms with van der Waals surface area (Å²) in [5.74, 6) is 2.03. The summed E-state index contributed by atoms with van der Waals surface area (Å²) in [6.45, 7) is 4.15. The summed E-state index contributed by atoms with van der Waals surface area (Å²) < 4.78 is 5.71. The van der Waals surface area contributed by atoms with Gasteiger partial charge in [0.1, 0.15) is 11.8 Å². The molecule has 8 nitrogen and oxygen atoms in total. The highest BCUT2D eigenvalue weighted by atomic mass is 16.5. The number of aromatic nitrogens is 3. The van der Waals surface area contributed by atoms with Crippen molar-refractivity contribution in [2.24, 2.45) is 5.92 Å². The predicted octanol–water partition coefficient (Wildman–Crippen LogP) is 3.24. The molecule has 1 aliphatic heterocycles. The fraction of sp³-hybridized carbons (Fsp3) is 0.360. The highest BCUT2D eigenvalue weighted by Gasteiger charge is 2.46. The Hall–Kier alpha value is -3.70. The number of carbonyl (C=O) groups excluding carboxylic acids is 1. The van der Waals surface area contributed by atoms with Gasteiger partial charge in [0.05, 0.1) is 24.3 Å². The maximum Gasteiger partial charge on any atom is 0.223 e. The van der Waals surface area contributed by atoms with Crippen LogP contribution in [0.5, 0.6) is 5.75 Å². The van der Waals surface area contributed by atoms with Crippen LogP contribution in [0.2, 0.25) is 0 Å². The summed E-state index contributed by atoms with van der Waals surface area (Å²) in [5.41, 5.74) is 4.43. The number of nitriles is 1. The van der Waals surface area contributed by atoms with Crippen molar-refractivity contribution in [2.75, 3.05) is 13.2 Å². The minimum Gasteiger partial charge on any atom is -0.490 e. The standard InChI is InChI=1S/C25H25N5O3/c1-14(2)33-21-7-6-15(10-17(21)13-26)24-27-25(29-28-24)19-5-3-4-18-20(19)11-16-12-22(32)30(8-9-31)23(16)18/h3-7,10,14,16,23,31H,8-9,11-12H2,1-2H3,(H,27,28,29)/t16-,23+/m0/s1. The van der Waals surface area contributed by atoms with Gasteiger partial charge in [0.25, 0.3) is 0 Å². The number of fused-ring (bicyclic) bond motifs is 3. The second kappa shape index (κ2) is 8.34. The Morgan fingerprint density at radius 1 is 1.30 bits per heavy atom. The number of hydrogen-bond acceptors (Lipinski definition) is 6. The molecule has 1 amide bonds. The van der Waals surface area contributed by atoms with Crippen LogP contribution in [0.3, 0.4) is 0 Å². The molecule has 0 bridgehead atoms. The Bertz CT molecular complexity index is 1260. The van der Waals surface area contributed by atoms with E-state index in [-0.39, 0.29) is 30.6 Å². The van der Waals surface area contributed by atoms with Gasteiger partial charge in [-0.2, -0.15) is 10.4 Å². The third-order valence-corrected chi connectivity index (χ3v) is 6.34. The molecule has 0 unspecified atom stereocenters. The molecule has 0 spiro atoms. The van der Waals surface area contributed by atoms with Gasteiger partial charge in [-0.1, -0.05) is 18.2 Å². The lowest BCUT2D eigenvalue weighted by molar-refractivity contribution is -0.129. The second-order valence-corrected chi connectivity index (χ2v) is 8.79. The van der Waals surface area contributed by atoms with Crippen molar-refractivity contribution in [1.29, 1.82) is 5.26 Å². The molecule has 2 aliphatic rings. The summed E-state index contributed by atoms with van der Waals surface area (Å²) in [5, 5.41) is 26.4. The minimum atomic E-state index is -0.0405. The van der Waals surface area contributed by atoms with Gasteiger partial charge in [0, 0.05) is 24.1 Å². The highest BCUT2D eigenvalue weighted by molar-refractivity contribution is 5.81. The molecule has 0 saturated carbocycles. The molecule has 2 heterocycles. The van der Waals surface area contributed by atoms with Gasteiger partial charge < -0.3 is 14.7 Å². The van der Waals surface area contributed by atoms with E-state index in [0.717, 1.165) is 23.1 Å². The first-order valence-corrected chi connectivity index (χ1v) is 11.2. The maximum absolute atomic E-state index is 12.4. The number of nitrogens with one attached hydrogen (secondary N) is 1. The number of ether oxygens (including phenoxy) is 1. The number of β-amino-alcohol motifs (C(OH)–C–C–N with tert-alkyl or cyclic N) is 1. The number of aliphatic hydroxyl groups excluding tert-OH is 1. The molecular weight excluding hydrogens is 418 g/mol. The van der Waals surface area contributed by atoms with Gasteiger partial charge in [-0.15, -0.1) is 0 Å². The molecule has 5 rings (SSSR count). The first-order chi connectivity index (χ1) is 16.0. The number of aliphatic hydroxyl groups is 1. The number of benzene rings is 2. The van der Waals surface area contributed by atoms with Crippen LogP contribution in [-0.2, 0) is 11.2 Å². The van der Waals surface area contributed by atoms with Crippen LogP contribution in [0.15, 0.2) is 36.4 Å². The smallest absolute Gasteiger partial charge is 0.223 e. The summed E-state index contributed by atoms with van der Waals surface area (Å²) in [6, 6.07) is 13.6. The Morgan fingerprint density at radius 2 is 2.15 bits per heavy atom. The lowest BCUT2D eigenvalue weighted by Crippen LogP contribution is -2.30. The van der Waals surface area contributed by atoms with Crippen molar-refractivity contribution in [3.8, 4) is 34.6 Å². The zero-order chi connectivity index (χ0) is 23.1. The Morgan fingerprint density at radius 3 is 2.91 bits per heavy atom. The van der Waals surface area contributed by atoms with E-state index >= 15 is 0 Å². The van der Waals surface area contributed by atoms with Crippen molar-refractivity contribution >= 4 is 5.91 Å². The Labute approximate surface area is 191 Å². The van der Waals surface area contributed by atoms with Gasteiger partial charge in [-0.05, 0) is 55.5 Å². The molecule has 2 aromatic carbocycles. The number of H-pyrrole nitrogens is 1. The normalized spacial score (nSPS) is 19.0. The lowest BCUT2D eigenvalue weighted by atomic mass is 10.0. The number of likely N-dealkylation sites (tertiary alicyclic amines) is 1. The fourth-order valence-corrected chi connectivity index (χ4v) is 5.06. The summed E-state index contributed by atoms with van der Waals surface area (Å²) in [7, 11) is 0. The third-order valence-electron chi connectivity index (χ3n) is 6.34. The summed E-state index contributed by atoms with van der Waals surface area (Å²) in [6.07, 6.45) is 1.27. The van der Waals surface area contributed by atoms with E-state index in [1.54, 1.807) is 17.0 Å². The van der Waals surface area contributed by atoms with Gasteiger partial charge in [0.2, 0.25) is 5.91 Å². The zero-order valence-electron chi connectivity index (χ0n) is 18.6. The number of hydrogen-bond donors (Lipinski definition) is 2. The Balaban J connectivity index is 1.48. The number of amides is 1. The van der Waals surface area contributed by atoms with Crippen LogP contribution in [-0.4, -0.2) is 50.4 Å². The van der Waals surface area contributed by atoms with Crippen molar-refractivity contribution in [3.05, 3.63) is 53.1 Å². The number of rotatable bonds is 6. The van der Waals surface area contributed by atoms with Crippen LogP contribution < -0.4 is 4.74 Å². The topological polar surface area (TPSA) is 115 Å². The first-order valence-electron chi connectivity index (χ1n) is 11.2. The average Bonchev–Trinajstić information content (AvgIpc) is 3.49. The van der Waals surface area contributed by atoms with Crippen LogP contribution in [0, 0.1) is 17.2 Å². The molecule has 3 aromatic rings. The van der Waals surface area contributed by atoms with Crippen LogP contribution >= 0.6 is 0 Å².